The van der Waals surface area contributed by atoms with Gasteiger partial charge in [0.05, 0.1) is 6.61 Å². The summed E-state index contributed by atoms with van der Waals surface area (Å²) in [5, 5.41) is 8.55. The molecule has 72 valence electrons. The van der Waals surface area contributed by atoms with Crippen molar-refractivity contribution in [1.82, 2.24) is 0 Å². The van der Waals surface area contributed by atoms with Crippen molar-refractivity contribution < 1.29 is 5.11 Å². The summed E-state index contributed by atoms with van der Waals surface area (Å²) in [7, 11) is 0. The van der Waals surface area contributed by atoms with Gasteiger partial charge in [0, 0.05) is 0 Å². The minimum Gasteiger partial charge on any atom is -0.392 e. The molecule has 0 aliphatic carbocycles. The molecule has 2 heteroatoms. The third kappa shape index (κ3) is 9.73. The van der Waals surface area contributed by atoms with E-state index in [0.717, 1.165) is 12.8 Å². The lowest BCUT2D eigenvalue weighted by Crippen LogP contribution is -1.80. The van der Waals surface area contributed by atoms with Gasteiger partial charge in [0.25, 0.3) is 0 Å². The number of allylic oxidation sites excluding steroid dienone is 3. The Morgan fingerprint density at radius 1 is 1.17 bits per heavy atom. The molecular weight excluding hydrogens is 172 g/mol. The second kappa shape index (κ2) is 8.82. The van der Waals surface area contributed by atoms with Gasteiger partial charge in [-0.15, -0.1) is 12.4 Å². The topological polar surface area (TPSA) is 20.2 Å². The molecule has 0 radical (unpaired) electrons. The quantitative estimate of drug-likeness (QED) is 0.676. The molecule has 0 rings (SSSR count). The predicted molar refractivity (Wildman–Crippen MR) is 56.8 cm³/mol. The highest BCUT2D eigenvalue weighted by molar-refractivity contribution is 5.85. The molecule has 0 fully saturated rings. The Bertz CT molecular complexity index is 155. The van der Waals surface area contributed by atoms with Crippen LogP contribution in [0.3, 0.4) is 0 Å². The van der Waals surface area contributed by atoms with Gasteiger partial charge in [0.2, 0.25) is 0 Å². The maximum absolute atomic E-state index is 8.55. The minimum atomic E-state index is 0. The normalized spacial score (nSPS) is 10.5. The van der Waals surface area contributed by atoms with Gasteiger partial charge >= 0.3 is 0 Å². The maximum Gasteiger partial charge on any atom is 0.0614 e. The summed E-state index contributed by atoms with van der Waals surface area (Å²) >= 11 is 0. The molecule has 0 atom stereocenters. The van der Waals surface area contributed by atoms with E-state index >= 15 is 0 Å². The Morgan fingerprint density at radius 3 is 2.17 bits per heavy atom. The molecule has 0 aromatic heterocycles. The molecule has 0 unspecified atom stereocenters. The van der Waals surface area contributed by atoms with Gasteiger partial charge in [0.15, 0.2) is 0 Å². The number of hydrogen-bond donors (Lipinski definition) is 1. The molecular formula is C10H19ClO. The van der Waals surface area contributed by atoms with Crippen LogP contribution in [0, 0.1) is 0 Å². The van der Waals surface area contributed by atoms with Crippen molar-refractivity contribution in [2.75, 3.05) is 6.61 Å². The number of halogens is 1. The lowest BCUT2D eigenvalue weighted by molar-refractivity contribution is 0.341. The van der Waals surface area contributed by atoms with Crippen LogP contribution >= 0.6 is 12.4 Å². The first kappa shape index (κ1) is 14.3. The molecule has 0 saturated carbocycles. The highest BCUT2D eigenvalue weighted by atomic mass is 35.5. The van der Waals surface area contributed by atoms with E-state index in [1.54, 1.807) is 0 Å². The Hall–Kier alpha value is -0.270. The van der Waals surface area contributed by atoms with Gasteiger partial charge in [-0.2, -0.15) is 0 Å². The molecule has 0 amide bonds. The van der Waals surface area contributed by atoms with Crippen LogP contribution in [-0.2, 0) is 0 Å². The zero-order valence-electron chi connectivity index (χ0n) is 8.13. The molecule has 1 N–H and O–H groups in total. The van der Waals surface area contributed by atoms with Gasteiger partial charge in [-0.3, -0.25) is 0 Å². The Balaban J connectivity index is 0. The van der Waals surface area contributed by atoms with Crippen molar-refractivity contribution in [2.24, 2.45) is 0 Å². The molecule has 0 aromatic rings. The summed E-state index contributed by atoms with van der Waals surface area (Å²) in [5.74, 6) is 0. The van der Waals surface area contributed by atoms with E-state index in [4.69, 9.17) is 5.11 Å². The summed E-state index contributed by atoms with van der Waals surface area (Å²) in [5.41, 5.74) is 2.63. The minimum absolute atomic E-state index is 0. The van der Waals surface area contributed by atoms with E-state index in [-0.39, 0.29) is 19.0 Å². The third-order valence-electron chi connectivity index (χ3n) is 1.53. The van der Waals surface area contributed by atoms with Crippen molar-refractivity contribution in [3.8, 4) is 0 Å². The second-order valence-electron chi connectivity index (χ2n) is 3.05. The molecule has 12 heavy (non-hydrogen) atoms. The standard InChI is InChI=1S/C10H18O.ClH/c1-9(2)5-4-6-10(3)7-8-11;/h5,7,11H,4,6,8H2,1-3H3;1H. The van der Waals surface area contributed by atoms with Gasteiger partial charge in [-0.1, -0.05) is 23.3 Å². The average Bonchev–Trinajstić information content (AvgIpc) is 1.87. The van der Waals surface area contributed by atoms with E-state index in [9.17, 15) is 0 Å². The number of aliphatic hydroxyl groups excluding tert-OH is 1. The average molecular weight is 191 g/mol. The fourth-order valence-electron chi connectivity index (χ4n) is 0.846. The Morgan fingerprint density at radius 2 is 1.75 bits per heavy atom. The van der Waals surface area contributed by atoms with Crippen molar-refractivity contribution in [2.45, 2.75) is 33.6 Å². The molecule has 0 saturated heterocycles. The van der Waals surface area contributed by atoms with Crippen LogP contribution in [0.5, 0.6) is 0 Å². The van der Waals surface area contributed by atoms with Crippen molar-refractivity contribution in [3.63, 3.8) is 0 Å². The lowest BCUT2D eigenvalue weighted by Gasteiger charge is -1.96. The molecule has 0 aliphatic rings. The fourth-order valence-corrected chi connectivity index (χ4v) is 0.846. The monoisotopic (exact) mass is 190 g/mol. The van der Waals surface area contributed by atoms with Crippen LogP contribution in [0.1, 0.15) is 33.6 Å². The van der Waals surface area contributed by atoms with Gasteiger partial charge < -0.3 is 5.11 Å². The van der Waals surface area contributed by atoms with Crippen LogP contribution < -0.4 is 0 Å². The summed E-state index contributed by atoms with van der Waals surface area (Å²) < 4.78 is 0. The summed E-state index contributed by atoms with van der Waals surface area (Å²) in [4.78, 5) is 0. The lowest BCUT2D eigenvalue weighted by atomic mass is 10.1. The molecule has 0 heterocycles. The molecule has 0 aromatic carbocycles. The fraction of sp³-hybridized carbons (Fsp3) is 0.600. The Labute approximate surface area is 81.6 Å². The predicted octanol–water partition coefficient (Wildman–Crippen LogP) is 3.09. The molecule has 0 spiro atoms. The van der Waals surface area contributed by atoms with Crippen molar-refractivity contribution >= 4 is 12.4 Å². The highest BCUT2D eigenvalue weighted by Crippen LogP contribution is 2.05. The van der Waals surface area contributed by atoms with E-state index in [0.29, 0.717) is 0 Å². The van der Waals surface area contributed by atoms with Crippen LogP contribution in [0.2, 0.25) is 0 Å². The smallest absolute Gasteiger partial charge is 0.0614 e. The summed E-state index contributed by atoms with van der Waals surface area (Å²) in [6, 6.07) is 0. The van der Waals surface area contributed by atoms with E-state index in [2.05, 4.69) is 26.8 Å². The third-order valence-corrected chi connectivity index (χ3v) is 1.53. The number of hydrogen-bond acceptors (Lipinski definition) is 1. The van der Waals surface area contributed by atoms with Gasteiger partial charge in [0.1, 0.15) is 0 Å². The maximum atomic E-state index is 8.55. The summed E-state index contributed by atoms with van der Waals surface area (Å²) in [6.07, 6.45) is 6.23. The number of rotatable bonds is 4. The largest absolute Gasteiger partial charge is 0.392 e. The van der Waals surface area contributed by atoms with E-state index in [1.807, 2.05) is 6.08 Å². The summed E-state index contributed by atoms with van der Waals surface area (Å²) in [6.45, 7) is 6.42. The van der Waals surface area contributed by atoms with E-state index in [1.165, 1.54) is 11.1 Å². The zero-order valence-corrected chi connectivity index (χ0v) is 8.95. The van der Waals surface area contributed by atoms with E-state index < -0.39 is 0 Å². The molecule has 0 bridgehead atoms. The molecule has 0 aliphatic heterocycles. The van der Waals surface area contributed by atoms with Crippen LogP contribution in [0.4, 0.5) is 0 Å². The second-order valence-corrected chi connectivity index (χ2v) is 3.05. The first-order valence-corrected chi connectivity index (χ1v) is 4.06. The zero-order chi connectivity index (χ0) is 8.69. The van der Waals surface area contributed by atoms with Gasteiger partial charge in [-0.25, -0.2) is 0 Å². The van der Waals surface area contributed by atoms with Crippen molar-refractivity contribution in [3.05, 3.63) is 23.3 Å². The highest BCUT2D eigenvalue weighted by Gasteiger charge is 1.86. The van der Waals surface area contributed by atoms with Gasteiger partial charge in [-0.05, 0) is 33.6 Å². The first-order valence-electron chi connectivity index (χ1n) is 4.06. The number of aliphatic hydroxyl groups is 1. The molecule has 1 nitrogen and oxygen atoms in total. The van der Waals surface area contributed by atoms with Crippen LogP contribution in [0.15, 0.2) is 23.3 Å². The van der Waals surface area contributed by atoms with Crippen LogP contribution in [0.25, 0.3) is 0 Å². The van der Waals surface area contributed by atoms with Crippen molar-refractivity contribution in [1.29, 1.82) is 0 Å². The Kier molecular flexibility index (Phi) is 10.5. The SMILES string of the molecule is CC(C)=CCCC(C)=CCO.Cl. The first-order chi connectivity index (χ1) is 5.16. The van der Waals surface area contributed by atoms with Crippen LogP contribution in [-0.4, -0.2) is 11.7 Å².